The highest BCUT2D eigenvalue weighted by molar-refractivity contribution is 6.35. The lowest BCUT2D eigenvalue weighted by Crippen LogP contribution is -2.59. The Balaban J connectivity index is 1.23. The predicted octanol–water partition coefficient (Wildman–Crippen LogP) is 4.32. The quantitative estimate of drug-likeness (QED) is 0.738. The highest BCUT2D eigenvalue weighted by Gasteiger charge is 2.51. The normalized spacial score (nSPS) is 34.4. The molecule has 1 aliphatic heterocycles. The summed E-state index contributed by atoms with van der Waals surface area (Å²) in [7, 11) is 0. The van der Waals surface area contributed by atoms with Crippen LogP contribution in [0.15, 0.2) is 42.5 Å². The second-order valence-electron chi connectivity index (χ2n) is 10.9. The maximum atomic E-state index is 12.9. The molecule has 162 valence electrons. The molecular weight excluding hydrogens is 384 g/mol. The van der Waals surface area contributed by atoms with Gasteiger partial charge in [-0.15, -0.1) is 0 Å². The number of nitrogens with zero attached hydrogens (tertiary/aromatic N) is 1. The van der Waals surface area contributed by atoms with Gasteiger partial charge in [-0.05, 0) is 90.9 Å². The van der Waals surface area contributed by atoms with Crippen molar-refractivity contribution >= 4 is 22.6 Å². The number of rotatable bonds is 5. The lowest BCUT2D eigenvalue weighted by Gasteiger charge is -2.57. The lowest BCUT2D eigenvalue weighted by atomic mass is 9.49. The number of benzene rings is 2. The van der Waals surface area contributed by atoms with Gasteiger partial charge in [-0.25, -0.2) is 0 Å². The standard InChI is InChI=1S/C27H32N2O2/c30-25-26(31)29(9-8-27-14-18-10-19(15-27)12-20(11-18)16-27)23(17-28-25)13-22-6-3-5-21-4-1-2-7-24(21)22/h1-7,18-20,23H,8-17H2,(H,28,30). The minimum absolute atomic E-state index is 0.0323. The van der Waals surface area contributed by atoms with Crippen molar-refractivity contribution in [3.63, 3.8) is 0 Å². The van der Waals surface area contributed by atoms with Gasteiger partial charge in [0, 0.05) is 13.1 Å². The van der Waals surface area contributed by atoms with Gasteiger partial charge in [0.15, 0.2) is 0 Å². The summed E-state index contributed by atoms with van der Waals surface area (Å²) >= 11 is 0. The van der Waals surface area contributed by atoms with Crippen molar-refractivity contribution in [3.05, 3.63) is 48.0 Å². The Morgan fingerprint density at radius 2 is 1.58 bits per heavy atom. The van der Waals surface area contributed by atoms with Crippen LogP contribution in [-0.2, 0) is 16.0 Å². The Bertz CT molecular complexity index is 988. The van der Waals surface area contributed by atoms with E-state index in [0.29, 0.717) is 12.0 Å². The molecule has 0 spiro atoms. The van der Waals surface area contributed by atoms with E-state index in [1.54, 1.807) is 0 Å². The van der Waals surface area contributed by atoms with Crippen molar-refractivity contribution in [2.24, 2.45) is 23.2 Å². The smallest absolute Gasteiger partial charge is 0.312 e. The molecule has 7 rings (SSSR count). The SMILES string of the molecule is O=C1NCC(Cc2cccc3ccccc23)N(CCC23CC4CC(CC(C4)C2)C3)C1=O. The zero-order valence-electron chi connectivity index (χ0n) is 18.2. The molecule has 4 nitrogen and oxygen atoms in total. The molecule has 31 heavy (non-hydrogen) atoms. The van der Waals surface area contributed by atoms with Crippen molar-refractivity contribution in [2.45, 2.75) is 57.4 Å². The van der Waals surface area contributed by atoms with Crippen LogP contribution in [0.4, 0.5) is 0 Å². The second-order valence-corrected chi connectivity index (χ2v) is 10.9. The van der Waals surface area contributed by atoms with Crippen LogP contribution in [0, 0.1) is 23.2 Å². The number of carbonyl (C=O) groups is 2. The van der Waals surface area contributed by atoms with Crippen LogP contribution >= 0.6 is 0 Å². The molecule has 1 unspecified atom stereocenters. The number of hydrogen-bond acceptors (Lipinski definition) is 2. The van der Waals surface area contributed by atoms with Gasteiger partial charge < -0.3 is 10.2 Å². The molecule has 0 radical (unpaired) electrons. The van der Waals surface area contributed by atoms with Gasteiger partial charge in [0.1, 0.15) is 0 Å². The molecule has 4 saturated carbocycles. The number of hydrogen-bond donors (Lipinski definition) is 1. The minimum Gasteiger partial charge on any atom is -0.346 e. The van der Waals surface area contributed by atoms with Crippen LogP contribution in [-0.4, -0.2) is 35.8 Å². The van der Waals surface area contributed by atoms with Gasteiger partial charge in [-0.3, -0.25) is 9.59 Å². The van der Waals surface area contributed by atoms with E-state index in [-0.39, 0.29) is 11.9 Å². The fourth-order valence-electron chi connectivity index (χ4n) is 7.84. The highest BCUT2D eigenvalue weighted by atomic mass is 16.2. The first kappa shape index (κ1) is 19.3. The number of amides is 2. The third-order valence-corrected chi connectivity index (χ3v) is 8.78. The zero-order valence-corrected chi connectivity index (χ0v) is 18.2. The van der Waals surface area contributed by atoms with E-state index in [1.807, 2.05) is 4.90 Å². The van der Waals surface area contributed by atoms with Crippen molar-refractivity contribution in [3.8, 4) is 0 Å². The average molecular weight is 417 g/mol. The summed E-state index contributed by atoms with van der Waals surface area (Å²) in [5.41, 5.74) is 1.68. The number of fused-ring (bicyclic) bond motifs is 1. The topological polar surface area (TPSA) is 49.4 Å². The highest BCUT2D eigenvalue weighted by Crippen LogP contribution is 2.61. The van der Waals surface area contributed by atoms with Crippen molar-refractivity contribution in [1.82, 2.24) is 10.2 Å². The van der Waals surface area contributed by atoms with Crippen LogP contribution < -0.4 is 5.32 Å². The van der Waals surface area contributed by atoms with Gasteiger partial charge >= 0.3 is 11.8 Å². The third-order valence-electron chi connectivity index (χ3n) is 8.78. The molecule has 4 bridgehead atoms. The fraction of sp³-hybridized carbons (Fsp3) is 0.556. The summed E-state index contributed by atoms with van der Waals surface area (Å²) in [6.07, 6.45) is 10.2. The van der Waals surface area contributed by atoms with E-state index in [1.165, 1.54) is 54.9 Å². The number of nitrogens with one attached hydrogen (secondary N) is 1. The molecule has 5 fully saturated rings. The lowest BCUT2D eigenvalue weighted by molar-refractivity contribution is -0.151. The largest absolute Gasteiger partial charge is 0.346 e. The summed E-state index contributed by atoms with van der Waals surface area (Å²) in [5.74, 6) is 1.98. The van der Waals surface area contributed by atoms with Gasteiger partial charge in [0.25, 0.3) is 0 Å². The second kappa shape index (κ2) is 7.36. The molecule has 1 saturated heterocycles. The maximum absolute atomic E-state index is 12.9. The first-order valence-corrected chi connectivity index (χ1v) is 12.1. The number of carbonyl (C=O) groups excluding carboxylic acids is 2. The summed E-state index contributed by atoms with van der Waals surface area (Å²) in [5, 5.41) is 5.32. The van der Waals surface area contributed by atoms with E-state index >= 15 is 0 Å². The summed E-state index contributed by atoms with van der Waals surface area (Å²) < 4.78 is 0. The van der Waals surface area contributed by atoms with Crippen molar-refractivity contribution < 1.29 is 9.59 Å². The van der Waals surface area contributed by atoms with E-state index in [4.69, 9.17) is 0 Å². The Kier molecular flexibility index (Phi) is 4.59. The average Bonchev–Trinajstić information content (AvgIpc) is 2.75. The van der Waals surface area contributed by atoms with Crippen LogP contribution in [0.5, 0.6) is 0 Å². The minimum atomic E-state index is -0.431. The van der Waals surface area contributed by atoms with Crippen LogP contribution in [0.25, 0.3) is 10.8 Å². The zero-order chi connectivity index (χ0) is 21.0. The van der Waals surface area contributed by atoms with Crippen LogP contribution in [0.1, 0.15) is 50.5 Å². The molecule has 2 aromatic carbocycles. The van der Waals surface area contributed by atoms with Crippen molar-refractivity contribution in [2.75, 3.05) is 13.1 Å². The Hall–Kier alpha value is -2.36. The molecule has 5 aliphatic rings. The van der Waals surface area contributed by atoms with Gasteiger partial charge in [0.05, 0.1) is 6.04 Å². The Morgan fingerprint density at radius 3 is 2.32 bits per heavy atom. The van der Waals surface area contributed by atoms with Gasteiger partial charge in [0.2, 0.25) is 0 Å². The van der Waals surface area contributed by atoms with E-state index in [9.17, 15) is 9.59 Å². The van der Waals surface area contributed by atoms with E-state index in [0.717, 1.165) is 37.1 Å². The Labute approximate surface area is 184 Å². The molecule has 1 atom stereocenters. The summed E-state index contributed by atoms with van der Waals surface area (Å²) in [6, 6.07) is 14.9. The molecule has 1 heterocycles. The molecule has 0 aromatic heterocycles. The van der Waals surface area contributed by atoms with Crippen molar-refractivity contribution in [1.29, 1.82) is 0 Å². The first-order chi connectivity index (χ1) is 15.1. The fourth-order valence-corrected chi connectivity index (χ4v) is 7.84. The monoisotopic (exact) mass is 416 g/mol. The molecular formula is C27H32N2O2. The van der Waals surface area contributed by atoms with Gasteiger partial charge in [-0.2, -0.15) is 0 Å². The number of piperazine rings is 1. The van der Waals surface area contributed by atoms with E-state index in [2.05, 4.69) is 47.8 Å². The molecule has 4 heteroatoms. The van der Waals surface area contributed by atoms with Crippen LogP contribution in [0.3, 0.4) is 0 Å². The van der Waals surface area contributed by atoms with E-state index < -0.39 is 5.91 Å². The Morgan fingerprint density at radius 1 is 0.903 bits per heavy atom. The summed E-state index contributed by atoms with van der Waals surface area (Å²) in [6.45, 7) is 1.28. The van der Waals surface area contributed by atoms with Gasteiger partial charge in [-0.1, -0.05) is 42.5 Å². The van der Waals surface area contributed by atoms with Crippen LogP contribution in [0.2, 0.25) is 0 Å². The first-order valence-electron chi connectivity index (χ1n) is 12.1. The predicted molar refractivity (Wildman–Crippen MR) is 121 cm³/mol. The molecule has 4 aliphatic carbocycles. The third kappa shape index (κ3) is 3.44. The maximum Gasteiger partial charge on any atom is 0.312 e. The molecule has 2 amide bonds. The summed E-state index contributed by atoms with van der Waals surface area (Å²) in [4.78, 5) is 27.1. The molecule has 2 aromatic rings. The molecule has 1 N–H and O–H groups in total.